The Balaban J connectivity index is 2.08. The molecule has 0 atom stereocenters. The van der Waals surface area contributed by atoms with E-state index in [0.717, 1.165) is 20.7 Å². The van der Waals surface area contributed by atoms with Crippen LogP contribution in [0.2, 0.25) is 0 Å². The lowest BCUT2D eigenvalue weighted by atomic mass is 10.3. The molecule has 5 heteroatoms. The third-order valence-corrected chi connectivity index (χ3v) is 5.04. The first-order chi connectivity index (χ1) is 8.56. The summed E-state index contributed by atoms with van der Waals surface area (Å²) in [7, 11) is 0. The Kier molecular flexibility index (Phi) is 4.48. The van der Waals surface area contributed by atoms with Gasteiger partial charge in [-0.3, -0.25) is 0 Å². The predicted molar refractivity (Wildman–Crippen MR) is 79.7 cm³/mol. The molecule has 1 heterocycles. The van der Waals surface area contributed by atoms with Crippen LogP contribution in [0.1, 0.15) is 20.1 Å². The van der Waals surface area contributed by atoms with Crippen LogP contribution in [-0.2, 0) is 5.75 Å². The Morgan fingerprint density at radius 2 is 2.22 bits per heavy atom. The topological polar surface area (TPSA) is 37.3 Å². The van der Waals surface area contributed by atoms with Crippen LogP contribution in [-0.4, -0.2) is 11.1 Å². The van der Waals surface area contributed by atoms with Gasteiger partial charge in [0.2, 0.25) is 0 Å². The quantitative estimate of drug-likeness (QED) is 0.810. The molecule has 2 aromatic rings. The van der Waals surface area contributed by atoms with E-state index in [1.807, 2.05) is 19.1 Å². The van der Waals surface area contributed by atoms with E-state index in [-0.39, 0.29) is 0 Å². The molecule has 0 aliphatic rings. The number of halogens is 1. The van der Waals surface area contributed by atoms with Crippen LogP contribution in [0.3, 0.4) is 0 Å². The largest absolute Gasteiger partial charge is 0.477 e. The van der Waals surface area contributed by atoms with Crippen molar-refractivity contribution in [2.24, 2.45) is 0 Å². The number of aromatic carboxylic acids is 1. The fraction of sp³-hybridized carbons (Fsp3) is 0.154. The molecule has 0 spiro atoms. The van der Waals surface area contributed by atoms with Crippen molar-refractivity contribution >= 4 is 45.0 Å². The summed E-state index contributed by atoms with van der Waals surface area (Å²) in [6.45, 7) is 1.97. The number of thioether (sulfide) groups is 1. The van der Waals surface area contributed by atoms with Crippen molar-refractivity contribution in [3.05, 3.63) is 50.1 Å². The lowest BCUT2D eigenvalue weighted by Crippen LogP contribution is -1.90. The van der Waals surface area contributed by atoms with Gasteiger partial charge in [-0.25, -0.2) is 4.79 Å². The molecule has 18 heavy (non-hydrogen) atoms. The Bertz CT molecular complexity index is 578. The Morgan fingerprint density at radius 3 is 2.83 bits per heavy atom. The van der Waals surface area contributed by atoms with Crippen molar-refractivity contribution in [2.45, 2.75) is 17.6 Å². The van der Waals surface area contributed by atoms with Crippen molar-refractivity contribution in [1.29, 1.82) is 0 Å². The maximum absolute atomic E-state index is 10.9. The fourth-order valence-corrected chi connectivity index (χ4v) is 4.02. The smallest absolute Gasteiger partial charge is 0.345 e. The number of hydrogen-bond acceptors (Lipinski definition) is 3. The summed E-state index contributed by atoms with van der Waals surface area (Å²) in [6.07, 6.45) is 0. The Hall–Kier alpha value is -0.780. The number of thiophene rings is 1. The lowest BCUT2D eigenvalue weighted by molar-refractivity contribution is 0.0702. The molecule has 0 aliphatic carbocycles. The standard InChI is InChI=1S/C13H11BrO2S2/c1-8-9(5-12(18-8)13(15)16)7-17-11-4-2-3-10(14)6-11/h2-6H,7H2,1H3,(H,15,16). The minimum atomic E-state index is -0.846. The summed E-state index contributed by atoms with van der Waals surface area (Å²) in [6, 6.07) is 9.87. The molecule has 0 amide bonds. The van der Waals surface area contributed by atoms with Gasteiger partial charge in [0.15, 0.2) is 0 Å². The summed E-state index contributed by atoms with van der Waals surface area (Å²) >= 11 is 6.49. The van der Waals surface area contributed by atoms with Crippen LogP contribution in [0, 0.1) is 6.92 Å². The third kappa shape index (κ3) is 3.37. The number of benzene rings is 1. The molecule has 0 bridgehead atoms. The van der Waals surface area contributed by atoms with Crippen molar-refractivity contribution in [2.75, 3.05) is 0 Å². The first-order valence-electron chi connectivity index (χ1n) is 5.27. The zero-order valence-corrected chi connectivity index (χ0v) is 12.9. The second-order valence-corrected chi connectivity index (χ2v) is 6.96. The molecule has 94 valence electrons. The molecular weight excluding hydrogens is 332 g/mol. The number of rotatable bonds is 4. The molecule has 0 aliphatic heterocycles. The molecule has 0 fully saturated rings. The number of carboxylic acid groups (broad SMARTS) is 1. The van der Waals surface area contributed by atoms with Crippen LogP contribution in [0.25, 0.3) is 0 Å². The van der Waals surface area contributed by atoms with Crippen LogP contribution in [0.15, 0.2) is 39.7 Å². The molecule has 1 N–H and O–H groups in total. The highest BCUT2D eigenvalue weighted by atomic mass is 79.9. The molecule has 2 nitrogen and oxygen atoms in total. The van der Waals surface area contributed by atoms with Crippen molar-refractivity contribution in [1.82, 2.24) is 0 Å². The van der Waals surface area contributed by atoms with Crippen molar-refractivity contribution in [3.8, 4) is 0 Å². The third-order valence-electron chi connectivity index (χ3n) is 2.42. The molecule has 1 aromatic heterocycles. The average Bonchev–Trinajstić information content (AvgIpc) is 2.68. The second kappa shape index (κ2) is 5.91. The van der Waals surface area contributed by atoms with E-state index in [2.05, 4.69) is 28.1 Å². The zero-order chi connectivity index (χ0) is 13.1. The minimum Gasteiger partial charge on any atom is -0.477 e. The van der Waals surface area contributed by atoms with Crippen LogP contribution >= 0.6 is 39.0 Å². The van der Waals surface area contributed by atoms with Crippen LogP contribution < -0.4 is 0 Å². The fourth-order valence-electron chi connectivity index (χ4n) is 1.49. The molecule has 0 saturated carbocycles. The summed E-state index contributed by atoms with van der Waals surface area (Å²) in [5, 5.41) is 8.94. The van der Waals surface area contributed by atoms with E-state index in [1.54, 1.807) is 17.8 Å². The number of carbonyl (C=O) groups is 1. The van der Waals surface area contributed by atoms with Gasteiger partial charge < -0.3 is 5.11 Å². The van der Waals surface area contributed by atoms with Crippen LogP contribution in [0.5, 0.6) is 0 Å². The number of hydrogen-bond donors (Lipinski definition) is 1. The molecule has 1 aromatic carbocycles. The summed E-state index contributed by atoms with van der Waals surface area (Å²) in [5.41, 5.74) is 1.10. The zero-order valence-electron chi connectivity index (χ0n) is 9.64. The monoisotopic (exact) mass is 342 g/mol. The number of aryl methyl sites for hydroxylation is 1. The summed E-state index contributed by atoms with van der Waals surface area (Å²) in [5.74, 6) is -0.0479. The van der Waals surface area contributed by atoms with Gasteiger partial charge >= 0.3 is 5.97 Å². The minimum absolute atomic E-state index is 0.414. The molecule has 0 radical (unpaired) electrons. The van der Waals surface area contributed by atoms with Gasteiger partial charge in [0.25, 0.3) is 0 Å². The molecular formula is C13H11BrO2S2. The van der Waals surface area contributed by atoms with E-state index >= 15 is 0 Å². The van der Waals surface area contributed by atoms with E-state index in [1.165, 1.54) is 16.2 Å². The summed E-state index contributed by atoms with van der Waals surface area (Å²) < 4.78 is 1.06. The average molecular weight is 343 g/mol. The number of carboxylic acids is 1. The van der Waals surface area contributed by atoms with Gasteiger partial charge in [-0.15, -0.1) is 23.1 Å². The first-order valence-corrected chi connectivity index (χ1v) is 7.87. The molecule has 0 unspecified atom stereocenters. The SMILES string of the molecule is Cc1sc(C(=O)O)cc1CSc1cccc(Br)c1. The van der Waals surface area contributed by atoms with Gasteiger partial charge in [0.05, 0.1) is 0 Å². The van der Waals surface area contributed by atoms with Gasteiger partial charge in [0.1, 0.15) is 4.88 Å². The highest BCUT2D eigenvalue weighted by molar-refractivity contribution is 9.10. The first kappa shape index (κ1) is 13.6. The van der Waals surface area contributed by atoms with E-state index in [0.29, 0.717) is 4.88 Å². The Morgan fingerprint density at radius 1 is 1.44 bits per heavy atom. The molecule has 2 rings (SSSR count). The van der Waals surface area contributed by atoms with E-state index in [9.17, 15) is 4.79 Å². The van der Waals surface area contributed by atoms with E-state index < -0.39 is 5.97 Å². The van der Waals surface area contributed by atoms with Gasteiger partial charge in [-0.05, 0) is 36.8 Å². The highest BCUT2D eigenvalue weighted by Gasteiger charge is 2.11. The second-order valence-electron chi connectivity index (χ2n) is 3.74. The van der Waals surface area contributed by atoms with Gasteiger partial charge in [-0.2, -0.15) is 0 Å². The maximum atomic E-state index is 10.9. The predicted octanol–water partition coefficient (Wildman–Crippen LogP) is 4.81. The van der Waals surface area contributed by atoms with Crippen LogP contribution in [0.4, 0.5) is 0 Å². The normalized spacial score (nSPS) is 10.6. The lowest BCUT2D eigenvalue weighted by Gasteiger charge is -2.01. The van der Waals surface area contributed by atoms with Crippen molar-refractivity contribution in [3.63, 3.8) is 0 Å². The highest BCUT2D eigenvalue weighted by Crippen LogP contribution is 2.30. The van der Waals surface area contributed by atoms with Gasteiger partial charge in [0, 0.05) is 20.0 Å². The Labute approximate surface area is 122 Å². The van der Waals surface area contributed by atoms with E-state index in [4.69, 9.17) is 5.11 Å². The van der Waals surface area contributed by atoms with Gasteiger partial charge in [-0.1, -0.05) is 22.0 Å². The van der Waals surface area contributed by atoms with Crippen molar-refractivity contribution < 1.29 is 9.90 Å². The maximum Gasteiger partial charge on any atom is 0.345 e. The molecule has 0 saturated heterocycles. The summed E-state index contributed by atoms with van der Waals surface area (Å²) in [4.78, 5) is 13.5.